The highest BCUT2D eigenvalue weighted by molar-refractivity contribution is 6.14. The third kappa shape index (κ3) is 4.10. The van der Waals surface area contributed by atoms with Crippen molar-refractivity contribution in [1.82, 2.24) is 9.88 Å². The Morgan fingerprint density at radius 2 is 1.72 bits per heavy atom. The lowest BCUT2D eigenvalue weighted by Gasteiger charge is -2.30. The maximum atomic E-state index is 13.3. The highest BCUT2D eigenvalue weighted by atomic mass is 16.5. The van der Waals surface area contributed by atoms with E-state index in [4.69, 9.17) is 4.74 Å². The van der Waals surface area contributed by atoms with Crippen LogP contribution in [0.2, 0.25) is 0 Å². The molecular weight excluding hydrogens is 364 g/mol. The Bertz CT molecular complexity index is 1000. The molecule has 1 N–H and O–H groups in total. The average Bonchev–Trinajstić information content (AvgIpc) is 3.15. The van der Waals surface area contributed by atoms with Gasteiger partial charge in [0.1, 0.15) is 0 Å². The standard InChI is InChI=1S/C24H26N2O3/c1-2-29-24(28)18-12-14-26(15-13-18)16-21(27)22-19-10-6-7-11-20(19)25-23(22)17-8-4-3-5-9-17/h3-11,18,25H,2,12-16H2,1H3. The molecule has 150 valence electrons. The zero-order valence-electron chi connectivity index (χ0n) is 16.7. The molecule has 0 saturated carbocycles. The van der Waals surface area contributed by atoms with E-state index < -0.39 is 0 Å². The van der Waals surface area contributed by atoms with Crippen LogP contribution in [0.15, 0.2) is 54.6 Å². The maximum Gasteiger partial charge on any atom is 0.309 e. The van der Waals surface area contributed by atoms with Crippen molar-refractivity contribution >= 4 is 22.7 Å². The monoisotopic (exact) mass is 390 g/mol. The fourth-order valence-corrected chi connectivity index (χ4v) is 4.12. The van der Waals surface area contributed by atoms with Crippen LogP contribution in [0.3, 0.4) is 0 Å². The van der Waals surface area contributed by atoms with E-state index in [1.807, 2.05) is 61.5 Å². The summed E-state index contributed by atoms with van der Waals surface area (Å²) in [6.45, 7) is 4.07. The topological polar surface area (TPSA) is 62.4 Å². The number of fused-ring (bicyclic) bond motifs is 1. The molecule has 0 bridgehead atoms. The first-order valence-electron chi connectivity index (χ1n) is 10.3. The molecule has 29 heavy (non-hydrogen) atoms. The molecule has 4 rings (SSSR count). The van der Waals surface area contributed by atoms with Crippen LogP contribution in [0.1, 0.15) is 30.1 Å². The Balaban J connectivity index is 1.54. The van der Waals surface area contributed by atoms with Crippen LogP contribution in [-0.2, 0) is 9.53 Å². The van der Waals surface area contributed by atoms with Gasteiger partial charge in [-0.1, -0.05) is 48.5 Å². The summed E-state index contributed by atoms with van der Waals surface area (Å²) < 4.78 is 5.14. The number of nitrogens with zero attached hydrogens (tertiary/aromatic N) is 1. The number of Topliss-reactive ketones (excluding diaryl/α,β-unsaturated/α-hetero) is 1. The van der Waals surface area contributed by atoms with Crippen LogP contribution in [0.4, 0.5) is 0 Å². The van der Waals surface area contributed by atoms with Gasteiger partial charge in [0.05, 0.1) is 30.3 Å². The molecule has 2 heterocycles. The van der Waals surface area contributed by atoms with Crippen molar-refractivity contribution in [3.05, 3.63) is 60.2 Å². The van der Waals surface area contributed by atoms with Crippen molar-refractivity contribution in [3.8, 4) is 11.3 Å². The first kappa shape index (κ1) is 19.4. The molecule has 0 amide bonds. The van der Waals surface area contributed by atoms with Crippen molar-refractivity contribution in [2.24, 2.45) is 5.92 Å². The zero-order chi connectivity index (χ0) is 20.2. The maximum absolute atomic E-state index is 13.3. The summed E-state index contributed by atoms with van der Waals surface area (Å²) in [6, 6.07) is 17.9. The minimum atomic E-state index is -0.110. The van der Waals surface area contributed by atoms with Gasteiger partial charge < -0.3 is 9.72 Å². The molecule has 1 fully saturated rings. The number of hydrogen-bond acceptors (Lipinski definition) is 4. The number of likely N-dealkylation sites (tertiary alicyclic amines) is 1. The summed E-state index contributed by atoms with van der Waals surface area (Å²) in [4.78, 5) is 30.9. The normalized spacial score (nSPS) is 15.5. The van der Waals surface area contributed by atoms with E-state index in [1.54, 1.807) is 0 Å². The largest absolute Gasteiger partial charge is 0.466 e. The fraction of sp³-hybridized carbons (Fsp3) is 0.333. The van der Waals surface area contributed by atoms with Gasteiger partial charge in [0.2, 0.25) is 0 Å². The van der Waals surface area contributed by atoms with Gasteiger partial charge in [-0.05, 0) is 44.5 Å². The molecule has 2 aromatic carbocycles. The lowest BCUT2D eigenvalue weighted by Crippen LogP contribution is -2.39. The van der Waals surface area contributed by atoms with E-state index >= 15 is 0 Å². The van der Waals surface area contributed by atoms with Gasteiger partial charge in [0, 0.05) is 10.9 Å². The van der Waals surface area contributed by atoms with Gasteiger partial charge in [0.15, 0.2) is 5.78 Å². The van der Waals surface area contributed by atoms with Gasteiger partial charge >= 0.3 is 5.97 Å². The van der Waals surface area contributed by atoms with E-state index in [2.05, 4.69) is 9.88 Å². The predicted octanol–water partition coefficient (Wildman–Crippen LogP) is 4.29. The Hall–Kier alpha value is -2.92. The van der Waals surface area contributed by atoms with Crippen molar-refractivity contribution in [2.75, 3.05) is 26.2 Å². The zero-order valence-corrected chi connectivity index (χ0v) is 16.7. The second kappa shape index (κ2) is 8.62. The van der Waals surface area contributed by atoms with Crippen molar-refractivity contribution in [2.45, 2.75) is 19.8 Å². The molecule has 1 aliphatic heterocycles. The summed E-state index contributed by atoms with van der Waals surface area (Å²) in [7, 11) is 0. The number of ketones is 1. The van der Waals surface area contributed by atoms with E-state index in [0.29, 0.717) is 13.2 Å². The van der Waals surface area contributed by atoms with Crippen molar-refractivity contribution in [3.63, 3.8) is 0 Å². The minimum absolute atomic E-state index is 0.0470. The quantitative estimate of drug-likeness (QED) is 0.504. The Morgan fingerprint density at radius 3 is 2.45 bits per heavy atom. The first-order chi connectivity index (χ1) is 14.2. The summed E-state index contributed by atoms with van der Waals surface area (Å²) >= 11 is 0. The van der Waals surface area contributed by atoms with Gasteiger partial charge in [0.25, 0.3) is 0 Å². The van der Waals surface area contributed by atoms with Crippen LogP contribution < -0.4 is 0 Å². The molecular formula is C24H26N2O3. The Kier molecular flexibility index (Phi) is 5.76. The average molecular weight is 390 g/mol. The number of H-pyrrole nitrogens is 1. The van der Waals surface area contributed by atoms with E-state index in [1.165, 1.54) is 0 Å². The second-order valence-electron chi connectivity index (χ2n) is 7.51. The van der Waals surface area contributed by atoms with Crippen LogP contribution in [0.25, 0.3) is 22.2 Å². The molecule has 3 aromatic rings. The number of esters is 1. The summed E-state index contributed by atoms with van der Waals surface area (Å²) in [6.07, 6.45) is 1.48. The molecule has 0 spiro atoms. The van der Waals surface area contributed by atoms with Crippen molar-refractivity contribution in [1.29, 1.82) is 0 Å². The van der Waals surface area contributed by atoms with Crippen LogP contribution in [0, 0.1) is 5.92 Å². The number of hydrogen-bond donors (Lipinski definition) is 1. The third-order valence-electron chi connectivity index (χ3n) is 5.62. The summed E-state index contributed by atoms with van der Waals surface area (Å²) in [5.41, 5.74) is 3.60. The van der Waals surface area contributed by atoms with E-state index in [0.717, 1.165) is 53.7 Å². The lowest BCUT2D eigenvalue weighted by molar-refractivity contribution is -0.149. The smallest absolute Gasteiger partial charge is 0.309 e. The van der Waals surface area contributed by atoms with Gasteiger partial charge in [-0.25, -0.2) is 0 Å². The predicted molar refractivity (Wildman–Crippen MR) is 114 cm³/mol. The lowest BCUT2D eigenvalue weighted by atomic mass is 9.96. The number of carbonyl (C=O) groups is 2. The number of para-hydroxylation sites is 1. The highest BCUT2D eigenvalue weighted by Crippen LogP contribution is 2.31. The number of ether oxygens (including phenoxy) is 1. The number of aromatic amines is 1. The second-order valence-corrected chi connectivity index (χ2v) is 7.51. The molecule has 5 heteroatoms. The van der Waals surface area contributed by atoms with E-state index in [9.17, 15) is 9.59 Å². The molecule has 0 aliphatic carbocycles. The molecule has 0 unspecified atom stereocenters. The molecule has 0 atom stereocenters. The molecule has 0 radical (unpaired) electrons. The number of piperidine rings is 1. The van der Waals surface area contributed by atoms with E-state index in [-0.39, 0.29) is 17.7 Å². The number of carbonyl (C=O) groups excluding carboxylic acids is 2. The van der Waals surface area contributed by atoms with Crippen molar-refractivity contribution < 1.29 is 14.3 Å². The number of rotatable bonds is 6. The SMILES string of the molecule is CCOC(=O)C1CCN(CC(=O)c2c(-c3ccccc3)[nH]c3ccccc23)CC1. The van der Waals surface area contributed by atoms with Gasteiger partial charge in [-0.15, -0.1) is 0 Å². The molecule has 1 aliphatic rings. The van der Waals surface area contributed by atoms with Gasteiger partial charge in [-0.2, -0.15) is 0 Å². The third-order valence-corrected chi connectivity index (χ3v) is 5.62. The van der Waals surface area contributed by atoms with Crippen LogP contribution in [0.5, 0.6) is 0 Å². The Morgan fingerprint density at radius 1 is 1.03 bits per heavy atom. The number of aromatic nitrogens is 1. The Labute approximate surface area is 170 Å². The molecule has 1 saturated heterocycles. The number of benzene rings is 2. The fourth-order valence-electron chi connectivity index (χ4n) is 4.12. The first-order valence-corrected chi connectivity index (χ1v) is 10.3. The minimum Gasteiger partial charge on any atom is -0.466 e. The summed E-state index contributed by atoms with van der Waals surface area (Å²) in [5, 5.41) is 0.956. The van der Waals surface area contributed by atoms with Crippen LogP contribution >= 0.6 is 0 Å². The highest BCUT2D eigenvalue weighted by Gasteiger charge is 2.28. The van der Waals surface area contributed by atoms with Crippen LogP contribution in [-0.4, -0.2) is 47.9 Å². The number of nitrogens with one attached hydrogen (secondary N) is 1. The summed E-state index contributed by atoms with van der Waals surface area (Å²) in [5.74, 6) is -0.0494. The molecule has 5 nitrogen and oxygen atoms in total. The molecule has 1 aromatic heterocycles. The van der Waals surface area contributed by atoms with Gasteiger partial charge in [-0.3, -0.25) is 14.5 Å².